The van der Waals surface area contributed by atoms with Crippen molar-refractivity contribution in [1.29, 1.82) is 0 Å². The quantitative estimate of drug-likeness (QED) is 0.661. The van der Waals surface area contributed by atoms with Crippen LogP contribution in [0.15, 0.2) is 24.3 Å². The average Bonchev–Trinajstić information content (AvgIpc) is 3.24. The molecule has 0 aromatic heterocycles. The summed E-state index contributed by atoms with van der Waals surface area (Å²) < 4.78 is 0. The Labute approximate surface area is 119 Å². The first kappa shape index (κ1) is 14.5. The minimum atomic E-state index is -0.0753. The lowest BCUT2D eigenvalue weighted by Crippen LogP contribution is -2.28. The Balaban J connectivity index is 1.81. The predicted molar refractivity (Wildman–Crippen MR) is 78.7 cm³/mol. The van der Waals surface area contributed by atoms with E-state index in [0.717, 1.165) is 25.8 Å². The number of carbonyl (C=O) groups excluding carboxylic acids is 2. The molecule has 0 saturated heterocycles. The van der Waals surface area contributed by atoms with E-state index in [1.54, 1.807) is 24.3 Å². The Morgan fingerprint density at radius 1 is 1.20 bits per heavy atom. The molecule has 0 radical (unpaired) electrons. The second kappa shape index (κ2) is 7.05. The van der Waals surface area contributed by atoms with Crippen LogP contribution in [-0.4, -0.2) is 30.9 Å². The van der Waals surface area contributed by atoms with E-state index in [1.165, 1.54) is 0 Å². The van der Waals surface area contributed by atoms with Gasteiger partial charge in [0, 0.05) is 17.3 Å². The Kier molecular flexibility index (Phi) is 5.12. The molecule has 2 amide bonds. The lowest BCUT2D eigenvalue weighted by molar-refractivity contribution is -0.115. The minimum Gasteiger partial charge on any atom is -0.349 e. The van der Waals surface area contributed by atoms with Crippen LogP contribution in [0.3, 0.4) is 0 Å². The molecule has 5 nitrogen and oxygen atoms in total. The largest absolute Gasteiger partial charge is 0.349 e. The van der Waals surface area contributed by atoms with Gasteiger partial charge in [-0.15, -0.1) is 0 Å². The Morgan fingerprint density at radius 2 is 1.90 bits per heavy atom. The highest BCUT2D eigenvalue weighted by Gasteiger charge is 2.23. The van der Waals surface area contributed by atoms with E-state index in [4.69, 9.17) is 0 Å². The molecule has 0 atom stereocenters. The molecule has 0 spiro atoms. The van der Waals surface area contributed by atoms with Gasteiger partial charge in [0.1, 0.15) is 0 Å². The summed E-state index contributed by atoms with van der Waals surface area (Å²) in [5.41, 5.74) is 1.33. The predicted octanol–water partition coefficient (Wildman–Crippen LogP) is 1.52. The van der Waals surface area contributed by atoms with Crippen molar-refractivity contribution in [2.75, 3.05) is 18.4 Å². The molecule has 0 bridgehead atoms. The van der Waals surface area contributed by atoms with Crippen LogP contribution in [0.1, 0.15) is 36.5 Å². The monoisotopic (exact) mass is 275 g/mol. The van der Waals surface area contributed by atoms with Crippen LogP contribution < -0.4 is 16.0 Å². The fraction of sp³-hybridized carbons (Fsp3) is 0.467. The number of amides is 2. The summed E-state index contributed by atoms with van der Waals surface area (Å²) in [5, 5.41) is 8.75. The maximum Gasteiger partial charge on any atom is 0.251 e. The lowest BCUT2D eigenvalue weighted by Gasteiger charge is -2.07. The summed E-state index contributed by atoms with van der Waals surface area (Å²) in [6.07, 6.45) is 3.15. The molecule has 1 aromatic rings. The number of benzene rings is 1. The van der Waals surface area contributed by atoms with E-state index in [9.17, 15) is 9.59 Å². The van der Waals surface area contributed by atoms with Gasteiger partial charge < -0.3 is 16.0 Å². The van der Waals surface area contributed by atoms with E-state index in [-0.39, 0.29) is 11.8 Å². The van der Waals surface area contributed by atoms with Gasteiger partial charge in [-0.3, -0.25) is 9.59 Å². The zero-order valence-electron chi connectivity index (χ0n) is 11.7. The van der Waals surface area contributed by atoms with Crippen LogP contribution in [0.5, 0.6) is 0 Å². The lowest BCUT2D eigenvalue weighted by atomic mass is 10.2. The fourth-order valence-electron chi connectivity index (χ4n) is 1.79. The smallest absolute Gasteiger partial charge is 0.251 e. The van der Waals surface area contributed by atoms with Crippen molar-refractivity contribution in [1.82, 2.24) is 10.6 Å². The fourth-order valence-corrected chi connectivity index (χ4v) is 1.79. The van der Waals surface area contributed by atoms with Gasteiger partial charge in [-0.05, 0) is 50.1 Å². The van der Waals surface area contributed by atoms with Gasteiger partial charge in [0.25, 0.3) is 5.91 Å². The van der Waals surface area contributed by atoms with Crippen molar-refractivity contribution in [2.45, 2.75) is 32.2 Å². The summed E-state index contributed by atoms with van der Waals surface area (Å²) in [6.45, 7) is 3.18. The average molecular weight is 275 g/mol. The molecule has 2 rings (SSSR count). The molecule has 0 unspecified atom stereocenters. The Bertz CT molecular complexity index is 467. The second-order valence-corrected chi connectivity index (χ2v) is 5.05. The second-order valence-electron chi connectivity index (χ2n) is 5.05. The van der Waals surface area contributed by atoms with E-state index in [0.29, 0.717) is 23.8 Å². The first-order valence-corrected chi connectivity index (χ1v) is 7.10. The van der Waals surface area contributed by atoms with E-state index in [2.05, 4.69) is 22.9 Å². The third-order valence-electron chi connectivity index (χ3n) is 3.06. The van der Waals surface area contributed by atoms with Crippen molar-refractivity contribution >= 4 is 17.5 Å². The minimum absolute atomic E-state index is 0.0463. The van der Waals surface area contributed by atoms with Gasteiger partial charge >= 0.3 is 0 Å². The third kappa shape index (κ3) is 4.66. The molecular formula is C15H21N3O2. The highest BCUT2D eigenvalue weighted by molar-refractivity contribution is 5.96. The van der Waals surface area contributed by atoms with Crippen LogP contribution in [0.2, 0.25) is 0 Å². The van der Waals surface area contributed by atoms with E-state index < -0.39 is 0 Å². The first-order valence-electron chi connectivity index (χ1n) is 7.10. The SMILES string of the molecule is CCCNCC(=O)Nc1ccc(C(=O)NC2CC2)cc1. The Hall–Kier alpha value is -1.88. The van der Waals surface area contributed by atoms with Crippen molar-refractivity contribution in [2.24, 2.45) is 0 Å². The maximum atomic E-state index is 11.8. The van der Waals surface area contributed by atoms with E-state index >= 15 is 0 Å². The zero-order chi connectivity index (χ0) is 14.4. The molecule has 1 fully saturated rings. The Morgan fingerprint density at radius 3 is 2.50 bits per heavy atom. The van der Waals surface area contributed by atoms with Crippen LogP contribution >= 0.6 is 0 Å². The molecule has 20 heavy (non-hydrogen) atoms. The summed E-state index contributed by atoms with van der Waals surface area (Å²) >= 11 is 0. The van der Waals surface area contributed by atoms with Gasteiger partial charge in [-0.25, -0.2) is 0 Å². The number of hydrogen-bond acceptors (Lipinski definition) is 3. The summed E-state index contributed by atoms with van der Waals surface area (Å²) in [4.78, 5) is 23.4. The van der Waals surface area contributed by atoms with Crippen LogP contribution in [0.4, 0.5) is 5.69 Å². The van der Waals surface area contributed by atoms with Gasteiger partial charge in [0.15, 0.2) is 0 Å². The van der Waals surface area contributed by atoms with Crippen LogP contribution in [0, 0.1) is 0 Å². The number of rotatable bonds is 7. The van der Waals surface area contributed by atoms with Gasteiger partial charge in [0.2, 0.25) is 5.91 Å². The molecule has 5 heteroatoms. The molecule has 1 aromatic carbocycles. The molecule has 3 N–H and O–H groups in total. The van der Waals surface area contributed by atoms with E-state index in [1.807, 2.05) is 0 Å². The summed E-state index contributed by atoms with van der Waals surface area (Å²) in [7, 11) is 0. The van der Waals surface area contributed by atoms with Gasteiger partial charge in [0.05, 0.1) is 6.54 Å². The number of nitrogens with one attached hydrogen (secondary N) is 3. The zero-order valence-corrected chi connectivity index (χ0v) is 11.7. The molecule has 0 aliphatic heterocycles. The summed E-state index contributed by atoms with van der Waals surface area (Å²) in [5.74, 6) is -0.122. The molecule has 1 aliphatic rings. The standard InChI is InChI=1S/C15H21N3O2/c1-2-9-16-10-14(19)17-12-5-3-11(4-6-12)15(20)18-13-7-8-13/h3-6,13,16H,2,7-10H2,1H3,(H,17,19)(H,18,20). The van der Waals surface area contributed by atoms with Gasteiger partial charge in [-0.1, -0.05) is 6.92 Å². The molecule has 0 heterocycles. The van der Waals surface area contributed by atoms with Crippen molar-refractivity contribution in [3.05, 3.63) is 29.8 Å². The molecule has 1 saturated carbocycles. The highest BCUT2D eigenvalue weighted by Crippen LogP contribution is 2.19. The van der Waals surface area contributed by atoms with Gasteiger partial charge in [-0.2, -0.15) is 0 Å². The third-order valence-corrected chi connectivity index (χ3v) is 3.06. The maximum absolute atomic E-state index is 11.8. The molecular weight excluding hydrogens is 254 g/mol. The first-order chi connectivity index (χ1) is 9.69. The molecule has 108 valence electrons. The normalized spacial score (nSPS) is 13.8. The van der Waals surface area contributed by atoms with Crippen molar-refractivity contribution in [3.8, 4) is 0 Å². The van der Waals surface area contributed by atoms with Crippen LogP contribution in [0.25, 0.3) is 0 Å². The molecule has 1 aliphatic carbocycles. The van der Waals surface area contributed by atoms with Crippen LogP contribution in [-0.2, 0) is 4.79 Å². The number of anilines is 1. The number of carbonyl (C=O) groups is 2. The van der Waals surface area contributed by atoms with Crippen molar-refractivity contribution < 1.29 is 9.59 Å². The topological polar surface area (TPSA) is 70.2 Å². The summed E-state index contributed by atoms with van der Waals surface area (Å²) in [6, 6.07) is 7.31. The highest BCUT2D eigenvalue weighted by atomic mass is 16.2. The number of hydrogen-bond donors (Lipinski definition) is 3. The van der Waals surface area contributed by atoms with Crippen molar-refractivity contribution in [3.63, 3.8) is 0 Å².